The maximum Gasteiger partial charge on any atom is 0.337 e. The quantitative estimate of drug-likeness (QED) is 0.405. The molecule has 0 unspecified atom stereocenters. The zero-order valence-electron chi connectivity index (χ0n) is 17.5. The lowest BCUT2D eigenvalue weighted by Crippen LogP contribution is -2.37. The van der Waals surface area contributed by atoms with Crippen molar-refractivity contribution in [2.45, 2.75) is 0 Å². The van der Waals surface area contributed by atoms with Gasteiger partial charge in [0.2, 0.25) is 0 Å². The Labute approximate surface area is 183 Å². The number of nitrogens with zero attached hydrogens (tertiary/aromatic N) is 2. The highest BCUT2D eigenvalue weighted by atomic mass is 16.6. The summed E-state index contributed by atoms with van der Waals surface area (Å²) in [5.41, 5.74) is 0.512. The largest absolute Gasteiger partial charge is 0.465 e. The van der Waals surface area contributed by atoms with Gasteiger partial charge in [-0.25, -0.2) is 9.59 Å². The second kappa shape index (κ2) is 9.88. The number of morpholine rings is 1. The molecule has 0 saturated carbocycles. The van der Waals surface area contributed by atoms with Crippen LogP contribution in [0.5, 0.6) is 0 Å². The van der Waals surface area contributed by atoms with E-state index in [9.17, 15) is 24.5 Å². The summed E-state index contributed by atoms with van der Waals surface area (Å²) in [6, 6.07) is 7.98. The van der Waals surface area contributed by atoms with Crippen molar-refractivity contribution in [3.8, 4) is 0 Å². The number of nitro groups is 1. The van der Waals surface area contributed by atoms with Crippen LogP contribution in [0.25, 0.3) is 0 Å². The lowest BCUT2D eigenvalue weighted by molar-refractivity contribution is -0.384. The van der Waals surface area contributed by atoms with E-state index in [1.165, 1.54) is 50.6 Å². The van der Waals surface area contributed by atoms with E-state index < -0.39 is 22.8 Å². The number of non-ortho nitro benzene ring substituents is 1. The Kier molecular flexibility index (Phi) is 7.00. The van der Waals surface area contributed by atoms with Gasteiger partial charge >= 0.3 is 11.9 Å². The van der Waals surface area contributed by atoms with Crippen LogP contribution in [0.2, 0.25) is 0 Å². The minimum atomic E-state index is -0.712. The van der Waals surface area contributed by atoms with E-state index in [-0.39, 0.29) is 28.1 Å². The predicted molar refractivity (Wildman–Crippen MR) is 113 cm³/mol. The SMILES string of the molecule is COC(=O)c1cc(NC(=O)c2cc([N+](=O)[O-])ccc2N2CCOCC2)cc(C(=O)OC)c1. The summed E-state index contributed by atoms with van der Waals surface area (Å²) in [5.74, 6) is -2.07. The van der Waals surface area contributed by atoms with Crippen LogP contribution in [0, 0.1) is 10.1 Å². The molecule has 11 nitrogen and oxygen atoms in total. The maximum atomic E-state index is 13.1. The van der Waals surface area contributed by atoms with Gasteiger partial charge in [-0.1, -0.05) is 0 Å². The van der Waals surface area contributed by atoms with Crippen LogP contribution in [0.1, 0.15) is 31.1 Å². The highest BCUT2D eigenvalue weighted by Crippen LogP contribution is 2.28. The molecule has 0 bridgehead atoms. The van der Waals surface area contributed by atoms with Crippen molar-refractivity contribution >= 4 is 34.9 Å². The second-order valence-corrected chi connectivity index (χ2v) is 6.79. The average Bonchev–Trinajstić information content (AvgIpc) is 2.82. The number of anilines is 2. The first-order valence-electron chi connectivity index (χ1n) is 9.58. The fraction of sp³-hybridized carbons (Fsp3) is 0.286. The highest BCUT2D eigenvalue weighted by molar-refractivity contribution is 6.09. The Morgan fingerprint density at radius 3 is 2.12 bits per heavy atom. The van der Waals surface area contributed by atoms with Crippen LogP contribution in [0.15, 0.2) is 36.4 Å². The normalized spacial score (nSPS) is 13.2. The minimum Gasteiger partial charge on any atom is -0.465 e. The number of nitrogens with one attached hydrogen (secondary N) is 1. The number of benzene rings is 2. The molecule has 1 heterocycles. The molecule has 3 rings (SSSR count). The van der Waals surface area contributed by atoms with Crippen LogP contribution < -0.4 is 10.2 Å². The Bertz CT molecular complexity index is 1030. The Morgan fingerprint density at radius 2 is 1.59 bits per heavy atom. The monoisotopic (exact) mass is 443 g/mol. The molecule has 2 aromatic carbocycles. The number of rotatable bonds is 6. The number of carbonyl (C=O) groups is 3. The lowest BCUT2D eigenvalue weighted by atomic mass is 10.1. The van der Waals surface area contributed by atoms with Crippen LogP contribution in [-0.4, -0.2) is 63.3 Å². The van der Waals surface area contributed by atoms with Crippen LogP contribution >= 0.6 is 0 Å². The van der Waals surface area contributed by atoms with Crippen LogP contribution in [0.3, 0.4) is 0 Å². The summed E-state index contributed by atoms with van der Waals surface area (Å²) in [5, 5.41) is 13.9. The van der Waals surface area contributed by atoms with Gasteiger partial charge in [0.15, 0.2) is 0 Å². The van der Waals surface area contributed by atoms with Gasteiger partial charge in [-0.3, -0.25) is 14.9 Å². The third kappa shape index (κ3) is 5.01. The van der Waals surface area contributed by atoms with Crippen LogP contribution in [-0.2, 0) is 14.2 Å². The molecule has 1 fully saturated rings. The smallest absolute Gasteiger partial charge is 0.337 e. The summed E-state index contributed by atoms with van der Waals surface area (Å²) >= 11 is 0. The van der Waals surface area contributed by atoms with Gasteiger partial charge in [0, 0.05) is 30.9 Å². The van der Waals surface area contributed by atoms with E-state index in [2.05, 4.69) is 5.32 Å². The topological polar surface area (TPSA) is 137 Å². The van der Waals surface area contributed by atoms with Gasteiger partial charge in [-0.2, -0.15) is 0 Å². The number of methoxy groups -OCH3 is 2. The number of nitro benzene ring substituents is 1. The third-order valence-corrected chi connectivity index (χ3v) is 4.82. The number of ether oxygens (including phenoxy) is 3. The van der Waals surface area contributed by atoms with E-state index in [4.69, 9.17) is 14.2 Å². The molecule has 1 saturated heterocycles. The maximum absolute atomic E-state index is 13.1. The van der Waals surface area contributed by atoms with E-state index in [0.717, 1.165) is 0 Å². The molecule has 168 valence electrons. The van der Waals surface area contributed by atoms with Gasteiger partial charge in [0.05, 0.1) is 54.7 Å². The Morgan fingerprint density at radius 1 is 1.00 bits per heavy atom. The molecule has 32 heavy (non-hydrogen) atoms. The summed E-state index contributed by atoms with van der Waals surface area (Å²) in [6.45, 7) is 1.95. The predicted octanol–water partition coefficient (Wildman–Crippen LogP) is 2.26. The molecule has 1 N–H and O–H groups in total. The molecule has 0 radical (unpaired) electrons. The van der Waals surface area contributed by atoms with Gasteiger partial charge < -0.3 is 24.4 Å². The lowest BCUT2D eigenvalue weighted by Gasteiger charge is -2.30. The number of hydrogen-bond acceptors (Lipinski definition) is 9. The van der Waals surface area contributed by atoms with Gasteiger partial charge in [-0.15, -0.1) is 0 Å². The van der Waals surface area contributed by atoms with E-state index in [1.807, 2.05) is 4.90 Å². The third-order valence-electron chi connectivity index (χ3n) is 4.82. The summed E-state index contributed by atoms with van der Waals surface area (Å²) < 4.78 is 14.7. The fourth-order valence-corrected chi connectivity index (χ4v) is 3.27. The van der Waals surface area contributed by atoms with Crippen LogP contribution in [0.4, 0.5) is 17.1 Å². The zero-order chi connectivity index (χ0) is 23.3. The molecule has 2 aromatic rings. The first-order chi connectivity index (χ1) is 15.3. The molecule has 1 amide bonds. The summed E-state index contributed by atoms with van der Waals surface area (Å²) in [4.78, 5) is 49.7. The molecule has 1 aliphatic rings. The molecule has 0 aromatic heterocycles. The van der Waals surface area contributed by atoms with Crippen molar-refractivity contribution in [3.05, 3.63) is 63.2 Å². The van der Waals surface area contributed by atoms with Gasteiger partial charge in [0.1, 0.15) is 0 Å². The highest BCUT2D eigenvalue weighted by Gasteiger charge is 2.23. The van der Waals surface area contributed by atoms with Crippen molar-refractivity contribution in [3.63, 3.8) is 0 Å². The molecule has 0 aliphatic carbocycles. The van der Waals surface area contributed by atoms with E-state index in [1.54, 1.807) is 0 Å². The first kappa shape index (κ1) is 22.7. The second-order valence-electron chi connectivity index (χ2n) is 6.79. The number of hydrogen-bond donors (Lipinski definition) is 1. The number of carbonyl (C=O) groups excluding carboxylic acids is 3. The molecule has 1 aliphatic heterocycles. The first-order valence-corrected chi connectivity index (χ1v) is 9.58. The van der Waals surface area contributed by atoms with Crippen molar-refractivity contribution in [1.29, 1.82) is 0 Å². The molecule has 11 heteroatoms. The standard InChI is InChI=1S/C21H21N3O8/c1-30-20(26)13-9-14(21(27)31-2)11-15(10-13)22-19(25)17-12-16(24(28)29)3-4-18(17)23-5-7-32-8-6-23/h3-4,9-12H,5-8H2,1-2H3,(H,22,25). The van der Waals surface area contributed by atoms with E-state index >= 15 is 0 Å². The number of esters is 2. The molecule has 0 atom stereocenters. The van der Waals surface area contributed by atoms with E-state index in [0.29, 0.717) is 32.0 Å². The van der Waals surface area contributed by atoms with Crippen molar-refractivity contribution in [2.24, 2.45) is 0 Å². The molecular weight excluding hydrogens is 422 g/mol. The summed E-state index contributed by atoms with van der Waals surface area (Å²) in [6.07, 6.45) is 0. The minimum absolute atomic E-state index is 0.0261. The summed E-state index contributed by atoms with van der Waals surface area (Å²) in [7, 11) is 2.37. The fourth-order valence-electron chi connectivity index (χ4n) is 3.27. The molecule has 0 spiro atoms. The molecular formula is C21H21N3O8. The van der Waals surface area contributed by atoms with Gasteiger partial charge in [-0.05, 0) is 24.3 Å². The van der Waals surface area contributed by atoms with Crippen molar-refractivity contribution < 1.29 is 33.5 Å². The Hall–Kier alpha value is -3.99. The Balaban J connectivity index is 2.00. The van der Waals surface area contributed by atoms with Crippen molar-refractivity contribution in [2.75, 3.05) is 50.7 Å². The zero-order valence-corrected chi connectivity index (χ0v) is 17.5. The van der Waals surface area contributed by atoms with Gasteiger partial charge in [0.25, 0.3) is 11.6 Å². The van der Waals surface area contributed by atoms with Crippen molar-refractivity contribution in [1.82, 2.24) is 0 Å². The number of amides is 1. The average molecular weight is 443 g/mol.